The highest BCUT2D eigenvalue weighted by atomic mass is 35.5. The van der Waals surface area contributed by atoms with E-state index in [1.165, 1.54) is 19.4 Å². The Hall–Kier alpha value is -2.19. The first-order valence-corrected chi connectivity index (χ1v) is 8.40. The van der Waals surface area contributed by atoms with Gasteiger partial charge in [0, 0.05) is 38.3 Å². The van der Waals surface area contributed by atoms with Gasteiger partial charge in [0.2, 0.25) is 0 Å². The summed E-state index contributed by atoms with van der Waals surface area (Å²) in [7, 11) is 0. The van der Waals surface area contributed by atoms with Gasteiger partial charge in [0.25, 0.3) is 0 Å². The molecule has 1 saturated heterocycles. The van der Waals surface area contributed by atoms with Crippen LogP contribution >= 0.6 is 11.6 Å². The number of rotatable bonds is 6. The second kappa shape index (κ2) is 11.4. The van der Waals surface area contributed by atoms with Crippen molar-refractivity contribution in [2.75, 3.05) is 37.6 Å². The molecule has 8 nitrogen and oxygen atoms in total. The third kappa shape index (κ3) is 9.02. The van der Waals surface area contributed by atoms with Gasteiger partial charge in [0.15, 0.2) is 11.0 Å². The van der Waals surface area contributed by atoms with Crippen molar-refractivity contribution < 1.29 is 19.8 Å². The average molecular weight is 371 g/mol. The van der Waals surface area contributed by atoms with Crippen LogP contribution in [-0.2, 0) is 9.59 Å². The SMILES string of the molecule is CCCCN1CCN(c2ccc(Cl)nn2)CC1.O=C(O)/C=C/C(=O)O. The summed E-state index contributed by atoms with van der Waals surface area (Å²) in [6, 6.07) is 3.74. The van der Waals surface area contributed by atoms with Crippen molar-refractivity contribution >= 4 is 29.4 Å². The Bertz CT molecular complexity index is 556. The van der Waals surface area contributed by atoms with E-state index in [0.717, 1.165) is 32.0 Å². The summed E-state index contributed by atoms with van der Waals surface area (Å²) in [4.78, 5) is 23.9. The van der Waals surface area contributed by atoms with E-state index in [2.05, 4.69) is 26.9 Å². The summed E-state index contributed by atoms with van der Waals surface area (Å²) in [5.74, 6) is -1.58. The maximum absolute atomic E-state index is 9.55. The van der Waals surface area contributed by atoms with E-state index in [1.807, 2.05) is 6.07 Å². The summed E-state index contributed by atoms with van der Waals surface area (Å²) < 4.78 is 0. The summed E-state index contributed by atoms with van der Waals surface area (Å²) in [5, 5.41) is 24.1. The predicted molar refractivity (Wildman–Crippen MR) is 95.0 cm³/mol. The molecule has 1 fully saturated rings. The van der Waals surface area contributed by atoms with Crippen LogP contribution in [0.5, 0.6) is 0 Å². The maximum atomic E-state index is 9.55. The van der Waals surface area contributed by atoms with Gasteiger partial charge in [-0.25, -0.2) is 9.59 Å². The van der Waals surface area contributed by atoms with E-state index < -0.39 is 11.9 Å². The average Bonchev–Trinajstić information content (AvgIpc) is 2.60. The highest BCUT2D eigenvalue weighted by molar-refractivity contribution is 6.29. The lowest BCUT2D eigenvalue weighted by Gasteiger charge is -2.35. The fraction of sp³-hybridized carbons (Fsp3) is 0.500. The van der Waals surface area contributed by atoms with Crippen LogP contribution in [0.4, 0.5) is 5.82 Å². The van der Waals surface area contributed by atoms with E-state index in [1.54, 1.807) is 6.07 Å². The summed E-state index contributed by atoms with van der Waals surface area (Å²) in [6.07, 6.45) is 3.67. The lowest BCUT2D eigenvalue weighted by atomic mass is 10.2. The van der Waals surface area contributed by atoms with Crippen molar-refractivity contribution in [1.29, 1.82) is 0 Å². The van der Waals surface area contributed by atoms with Gasteiger partial charge < -0.3 is 15.1 Å². The Labute approximate surface area is 151 Å². The van der Waals surface area contributed by atoms with Crippen molar-refractivity contribution in [2.45, 2.75) is 19.8 Å². The number of piperazine rings is 1. The summed E-state index contributed by atoms with van der Waals surface area (Å²) >= 11 is 5.73. The molecular formula is C16H23ClN4O4. The Kier molecular flexibility index (Phi) is 9.49. The molecule has 1 aromatic rings. The van der Waals surface area contributed by atoms with Gasteiger partial charge in [-0.15, -0.1) is 10.2 Å². The Balaban J connectivity index is 0.000000333. The third-order valence-corrected chi connectivity index (χ3v) is 3.71. The molecule has 0 amide bonds. The molecule has 0 radical (unpaired) electrons. The number of unbranched alkanes of at least 4 members (excludes halogenated alkanes) is 1. The number of aromatic nitrogens is 2. The first-order valence-electron chi connectivity index (χ1n) is 8.02. The number of anilines is 1. The smallest absolute Gasteiger partial charge is 0.328 e. The van der Waals surface area contributed by atoms with Gasteiger partial charge in [-0.1, -0.05) is 24.9 Å². The van der Waals surface area contributed by atoms with Crippen LogP contribution in [-0.4, -0.2) is 70.0 Å². The topological polar surface area (TPSA) is 107 Å². The molecule has 9 heteroatoms. The minimum Gasteiger partial charge on any atom is -0.478 e. The van der Waals surface area contributed by atoms with Crippen LogP contribution in [0, 0.1) is 0 Å². The van der Waals surface area contributed by atoms with Crippen molar-refractivity contribution in [3.8, 4) is 0 Å². The van der Waals surface area contributed by atoms with E-state index in [0.29, 0.717) is 17.3 Å². The molecule has 0 aliphatic carbocycles. The molecule has 25 heavy (non-hydrogen) atoms. The minimum atomic E-state index is -1.26. The molecular weight excluding hydrogens is 348 g/mol. The first kappa shape index (κ1) is 20.9. The molecule has 0 saturated carbocycles. The lowest BCUT2D eigenvalue weighted by molar-refractivity contribution is -0.134. The number of nitrogens with zero attached hydrogens (tertiary/aromatic N) is 4. The lowest BCUT2D eigenvalue weighted by Crippen LogP contribution is -2.46. The van der Waals surface area contributed by atoms with E-state index in [9.17, 15) is 9.59 Å². The number of aliphatic carboxylic acids is 2. The van der Waals surface area contributed by atoms with E-state index >= 15 is 0 Å². The molecule has 0 bridgehead atoms. The van der Waals surface area contributed by atoms with Gasteiger partial charge in [-0.05, 0) is 25.1 Å². The molecule has 0 aromatic carbocycles. The van der Waals surface area contributed by atoms with Crippen LogP contribution in [0.2, 0.25) is 5.15 Å². The highest BCUT2D eigenvalue weighted by Crippen LogP contribution is 2.14. The van der Waals surface area contributed by atoms with Crippen molar-refractivity contribution in [2.24, 2.45) is 0 Å². The van der Waals surface area contributed by atoms with Crippen LogP contribution in [0.1, 0.15) is 19.8 Å². The molecule has 2 rings (SSSR count). The standard InChI is InChI=1S/C12H19ClN4.C4H4O4/c1-2-3-6-16-7-9-17(10-8-16)12-5-4-11(13)14-15-12;5-3(6)1-2-4(7)8/h4-5H,2-3,6-10H2,1H3;1-2H,(H,5,6)(H,7,8)/b;2-1+. The zero-order valence-corrected chi connectivity index (χ0v) is 14.9. The summed E-state index contributed by atoms with van der Waals surface area (Å²) in [6.45, 7) is 7.74. The predicted octanol–water partition coefficient (Wildman–Crippen LogP) is 1.76. The normalized spacial score (nSPS) is 14.9. The quantitative estimate of drug-likeness (QED) is 0.729. The second-order valence-corrected chi connectivity index (χ2v) is 5.79. The highest BCUT2D eigenvalue weighted by Gasteiger charge is 2.17. The van der Waals surface area contributed by atoms with Gasteiger partial charge in [0.05, 0.1) is 0 Å². The molecule has 0 atom stereocenters. The maximum Gasteiger partial charge on any atom is 0.328 e. The molecule has 1 aliphatic rings. The first-order chi connectivity index (χ1) is 11.9. The van der Waals surface area contributed by atoms with Crippen molar-refractivity contribution in [1.82, 2.24) is 15.1 Å². The van der Waals surface area contributed by atoms with E-state index in [-0.39, 0.29) is 0 Å². The molecule has 2 N–H and O–H groups in total. The number of hydrogen-bond acceptors (Lipinski definition) is 6. The second-order valence-electron chi connectivity index (χ2n) is 5.41. The number of carbonyl (C=O) groups is 2. The summed E-state index contributed by atoms with van der Waals surface area (Å²) in [5.41, 5.74) is 0. The molecule has 2 heterocycles. The Morgan fingerprint density at radius 2 is 1.72 bits per heavy atom. The van der Waals surface area contributed by atoms with Crippen LogP contribution in [0.15, 0.2) is 24.3 Å². The molecule has 138 valence electrons. The number of halogens is 1. The van der Waals surface area contributed by atoms with Gasteiger partial charge in [0.1, 0.15) is 0 Å². The Morgan fingerprint density at radius 3 is 2.16 bits per heavy atom. The molecule has 0 spiro atoms. The van der Waals surface area contributed by atoms with Crippen molar-refractivity contribution in [3.63, 3.8) is 0 Å². The van der Waals surface area contributed by atoms with Gasteiger partial charge >= 0.3 is 11.9 Å². The fourth-order valence-electron chi connectivity index (χ4n) is 2.20. The van der Waals surface area contributed by atoms with Crippen LogP contribution in [0.3, 0.4) is 0 Å². The zero-order chi connectivity index (χ0) is 18.7. The largest absolute Gasteiger partial charge is 0.478 e. The monoisotopic (exact) mass is 370 g/mol. The zero-order valence-electron chi connectivity index (χ0n) is 14.1. The fourth-order valence-corrected chi connectivity index (χ4v) is 2.30. The minimum absolute atomic E-state index is 0.454. The van der Waals surface area contributed by atoms with E-state index in [4.69, 9.17) is 21.8 Å². The van der Waals surface area contributed by atoms with Crippen LogP contribution < -0.4 is 4.90 Å². The van der Waals surface area contributed by atoms with Crippen molar-refractivity contribution in [3.05, 3.63) is 29.4 Å². The van der Waals surface area contributed by atoms with Crippen LogP contribution in [0.25, 0.3) is 0 Å². The Morgan fingerprint density at radius 1 is 1.12 bits per heavy atom. The molecule has 0 unspecified atom stereocenters. The van der Waals surface area contributed by atoms with Gasteiger partial charge in [-0.2, -0.15) is 0 Å². The molecule has 1 aromatic heterocycles. The number of carboxylic acids is 2. The third-order valence-electron chi connectivity index (χ3n) is 3.51. The number of carboxylic acid groups (broad SMARTS) is 2. The number of hydrogen-bond donors (Lipinski definition) is 2. The molecule has 1 aliphatic heterocycles. The van der Waals surface area contributed by atoms with Gasteiger partial charge in [-0.3, -0.25) is 4.90 Å².